The number of pyridine rings is 1. The number of carbonyl (C=O) groups is 2. The van der Waals surface area contributed by atoms with Crippen LogP contribution in [0.25, 0.3) is 11.3 Å². The maximum absolute atomic E-state index is 14.2. The van der Waals surface area contributed by atoms with Crippen LogP contribution in [0.2, 0.25) is 5.02 Å². The zero-order valence-corrected chi connectivity index (χ0v) is 32.7. The number of carbonyl (C=O) groups excluding carboxylic acids is 2. The minimum atomic E-state index is -0.648. The van der Waals surface area contributed by atoms with Crippen molar-refractivity contribution in [2.75, 3.05) is 50.3 Å². The highest BCUT2D eigenvalue weighted by Gasteiger charge is 2.34. The van der Waals surface area contributed by atoms with Crippen LogP contribution < -0.4 is 24.8 Å². The first-order chi connectivity index (χ1) is 26.5. The molecule has 1 fully saturated rings. The van der Waals surface area contributed by atoms with Gasteiger partial charge in [0.25, 0.3) is 0 Å². The number of rotatable bonds is 12. The number of amides is 2. The van der Waals surface area contributed by atoms with E-state index in [4.69, 9.17) is 31.0 Å². The van der Waals surface area contributed by atoms with E-state index < -0.39 is 17.5 Å². The van der Waals surface area contributed by atoms with Crippen LogP contribution in [0.4, 0.5) is 16.6 Å². The number of anilines is 2. The first-order valence-electron chi connectivity index (χ1n) is 18.7. The van der Waals surface area contributed by atoms with Crippen molar-refractivity contribution in [2.24, 2.45) is 0 Å². The van der Waals surface area contributed by atoms with Crippen molar-refractivity contribution in [3.05, 3.63) is 88.7 Å². The van der Waals surface area contributed by atoms with Crippen LogP contribution >= 0.6 is 11.6 Å². The summed E-state index contributed by atoms with van der Waals surface area (Å²) in [5.41, 5.74) is 3.33. The monoisotopic (exact) mass is 769 g/mol. The van der Waals surface area contributed by atoms with Gasteiger partial charge >= 0.3 is 12.5 Å². The second kappa shape index (κ2) is 16.2. The maximum Gasteiger partial charge on any atom is 0.357 e. The van der Waals surface area contributed by atoms with E-state index in [1.807, 2.05) is 86.8 Å². The minimum Gasteiger partial charge on any atom is -0.492 e. The van der Waals surface area contributed by atoms with Crippen LogP contribution in [0.5, 0.6) is 11.5 Å². The Bertz CT molecular complexity index is 2140. The molecule has 1 saturated heterocycles. The average molecular weight is 770 g/mol. The molecule has 0 saturated carbocycles. The van der Waals surface area contributed by atoms with Gasteiger partial charge in [-0.15, -0.1) is 15.3 Å². The summed E-state index contributed by atoms with van der Waals surface area (Å²) in [5.74, 6) is 2.30. The van der Waals surface area contributed by atoms with Gasteiger partial charge in [0.05, 0.1) is 28.6 Å². The van der Waals surface area contributed by atoms with E-state index in [1.54, 1.807) is 24.3 Å². The van der Waals surface area contributed by atoms with E-state index >= 15 is 0 Å². The summed E-state index contributed by atoms with van der Waals surface area (Å²) in [6, 6.07) is 17.7. The lowest BCUT2D eigenvalue weighted by atomic mass is 9.85. The first kappa shape index (κ1) is 38.0. The van der Waals surface area contributed by atoms with Crippen molar-refractivity contribution < 1.29 is 23.9 Å². The van der Waals surface area contributed by atoms with Crippen LogP contribution in [0, 0.1) is 0 Å². The third kappa shape index (κ3) is 8.35. The number of nitrogens with zero attached hydrogens (tertiary/aromatic N) is 8. The van der Waals surface area contributed by atoms with Gasteiger partial charge in [-0.1, -0.05) is 56.6 Å². The van der Waals surface area contributed by atoms with E-state index in [0.29, 0.717) is 47.4 Å². The zero-order chi connectivity index (χ0) is 38.7. The Hall–Kier alpha value is -5.34. The van der Waals surface area contributed by atoms with Gasteiger partial charge in [-0.25, -0.2) is 9.48 Å². The normalized spacial score (nSPS) is 17.2. The molecule has 7 rings (SSSR count). The van der Waals surface area contributed by atoms with Crippen molar-refractivity contribution in [3.8, 4) is 17.2 Å². The molecular weight excluding hydrogens is 722 g/mol. The molecule has 3 aromatic heterocycles. The number of ether oxygens (including phenoxy) is 2. The number of hydrogen-bond acceptors (Lipinski definition) is 10. The summed E-state index contributed by atoms with van der Waals surface area (Å²) in [5, 5.41) is 18.1. The zero-order valence-electron chi connectivity index (χ0n) is 31.9. The summed E-state index contributed by atoms with van der Waals surface area (Å²) in [6.07, 6.45) is 6.39. The number of hydrogen-bond donors (Lipinski definition) is 1. The van der Waals surface area contributed by atoms with Crippen LogP contribution in [0.1, 0.15) is 81.8 Å². The molecule has 4 heterocycles. The summed E-state index contributed by atoms with van der Waals surface area (Å²) in [7, 11) is 3.94. The third-order valence-corrected chi connectivity index (χ3v) is 10.3. The summed E-state index contributed by atoms with van der Waals surface area (Å²) in [6.45, 7) is 9.33. The van der Waals surface area contributed by atoms with Crippen LogP contribution in [-0.2, 0) is 15.0 Å². The lowest BCUT2D eigenvalue weighted by Crippen LogP contribution is -2.43. The van der Waals surface area contributed by atoms with Crippen molar-refractivity contribution in [2.45, 2.75) is 70.4 Å². The predicted molar refractivity (Wildman–Crippen MR) is 210 cm³/mol. The molecule has 2 atom stereocenters. The summed E-state index contributed by atoms with van der Waals surface area (Å²) < 4.78 is 16.1. The standard InChI is InChI=1S/C40H48ClN9O5/c1-40(2,3)35-24-37(49(45-35)33-23-27(13-15-31(33)41)53-22-21-46(4)5)50(54-26-51)39(52)42-32-16-17-34(30-12-8-7-11-29(30)32)55-28-14-18-36-43-44-38(48(36)25-28)47-19-9-6-10-20-47/h7-8,11-15,18,23-26,32,34H,6,9-10,16-17,19-22H2,1-5H3,(H,42,52)/t32-,34+/m0/s1. The molecule has 15 heteroatoms. The number of likely N-dealkylation sites (N-methyl/N-ethyl adjacent to an activating group) is 1. The molecule has 2 aromatic carbocycles. The number of halogens is 1. The molecule has 0 bridgehead atoms. The minimum absolute atomic E-state index is 0.195. The number of aromatic nitrogens is 5. The Balaban J connectivity index is 1.14. The molecule has 2 amide bonds. The molecule has 1 aliphatic carbocycles. The lowest BCUT2D eigenvalue weighted by molar-refractivity contribution is -0.129. The van der Waals surface area contributed by atoms with Crippen molar-refractivity contribution in [3.63, 3.8) is 0 Å². The van der Waals surface area contributed by atoms with Crippen molar-refractivity contribution in [1.29, 1.82) is 0 Å². The fourth-order valence-electron chi connectivity index (χ4n) is 7.03. The smallest absolute Gasteiger partial charge is 0.357 e. The van der Waals surface area contributed by atoms with E-state index in [1.165, 1.54) is 11.1 Å². The number of nitrogens with one attached hydrogen (secondary N) is 1. The molecule has 290 valence electrons. The SMILES string of the molecule is CN(C)CCOc1ccc(Cl)c(-n2nc(C(C)(C)C)cc2N(OC=O)C(=O)N[C@H]2CC[C@@H](Oc3ccc4nnc(N5CCCCC5)n4c3)c3ccccc32)c1. The van der Waals surface area contributed by atoms with Gasteiger partial charge < -0.3 is 29.4 Å². The number of hydroxylamine groups is 1. The van der Waals surface area contributed by atoms with Crippen LogP contribution in [0.3, 0.4) is 0 Å². The summed E-state index contributed by atoms with van der Waals surface area (Å²) >= 11 is 6.75. The fraction of sp³-hybridized carbons (Fsp3) is 0.425. The van der Waals surface area contributed by atoms with Gasteiger partial charge in [0.15, 0.2) is 11.5 Å². The molecule has 0 radical (unpaired) electrons. The highest BCUT2D eigenvalue weighted by molar-refractivity contribution is 6.32. The molecular formula is C40H48ClN9O5. The number of piperidine rings is 1. The topological polar surface area (TPSA) is 132 Å². The molecule has 55 heavy (non-hydrogen) atoms. The Kier molecular flexibility index (Phi) is 11.2. The molecule has 5 aromatic rings. The lowest BCUT2D eigenvalue weighted by Gasteiger charge is -2.33. The molecule has 1 aliphatic heterocycles. The molecule has 0 unspecified atom stereocenters. The molecule has 2 aliphatic rings. The Morgan fingerprint density at radius 2 is 1.75 bits per heavy atom. The summed E-state index contributed by atoms with van der Waals surface area (Å²) in [4.78, 5) is 35.9. The largest absolute Gasteiger partial charge is 0.492 e. The Morgan fingerprint density at radius 1 is 0.982 bits per heavy atom. The molecule has 1 N–H and O–H groups in total. The Labute approximate surface area is 325 Å². The van der Waals surface area contributed by atoms with Gasteiger partial charge in [-0.3, -0.25) is 9.20 Å². The van der Waals surface area contributed by atoms with E-state index in [2.05, 4.69) is 20.4 Å². The number of fused-ring (bicyclic) bond motifs is 2. The second-order valence-corrected chi connectivity index (χ2v) is 15.7. The second-order valence-electron chi connectivity index (χ2n) is 15.3. The van der Waals surface area contributed by atoms with Crippen molar-refractivity contribution >= 4 is 41.5 Å². The fourth-order valence-corrected chi connectivity index (χ4v) is 7.23. The highest BCUT2D eigenvalue weighted by atomic mass is 35.5. The van der Waals surface area contributed by atoms with Gasteiger partial charge in [0.2, 0.25) is 5.95 Å². The van der Waals surface area contributed by atoms with E-state index in [-0.39, 0.29) is 18.4 Å². The quantitative estimate of drug-likeness (QED) is 0.104. The van der Waals surface area contributed by atoms with Gasteiger partial charge in [-0.05, 0) is 81.6 Å². The number of urea groups is 1. The third-order valence-electron chi connectivity index (χ3n) is 9.96. The molecule has 0 spiro atoms. The van der Waals surface area contributed by atoms with Crippen LogP contribution in [-0.4, -0.2) is 82.1 Å². The van der Waals surface area contributed by atoms with E-state index in [9.17, 15) is 9.59 Å². The Morgan fingerprint density at radius 3 is 2.49 bits per heavy atom. The van der Waals surface area contributed by atoms with Crippen LogP contribution in [0.15, 0.2) is 66.9 Å². The molecule has 14 nitrogen and oxygen atoms in total. The van der Waals surface area contributed by atoms with Gasteiger partial charge in [0.1, 0.15) is 24.2 Å². The first-order valence-corrected chi connectivity index (χ1v) is 19.1. The number of benzene rings is 2. The van der Waals surface area contributed by atoms with Crippen molar-refractivity contribution in [1.82, 2.24) is 34.6 Å². The maximum atomic E-state index is 14.2. The predicted octanol–water partition coefficient (Wildman–Crippen LogP) is 7.06. The van der Waals surface area contributed by atoms with E-state index in [0.717, 1.165) is 60.3 Å². The van der Waals surface area contributed by atoms with Gasteiger partial charge in [-0.2, -0.15) is 5.10 Å². The highest BCUT2D eigenvalue weighted by Crippen LogP contribution is 2.40. The van der Waals surface area contributed by atoms with Gasteiger partial charge in [0, 0.05) is 37.2 Å². The average Bonchev–Trinajstić information content (AvgIpc) is 3.81.